The van der Waals surface area contributed by atoms with Crippen LogP contribution in [0.4, 0.5) is 26.3 Å². The van der Waals surface area contributed by atoms with Gasteiger partial charge in [0.05, 0.1) is 73.0 Å². The van der Waals surface area contributed by atoms with Gasteiger partial charge in [-0.25, -0.2) is 65.0 Å². The summed E-state index contributed by atoms with van der Waals surface area (Å²) in [6.45, 7) is 6.82. The highest BCUT2D eigenvalue weighted by Gasteiger charge is 2.47. The number of likely N-dealkylation sites (tertiary alicyclic amines) is 1. The third-order valence-electron chi connectivity index (χ3n) is 20.4. The number of alkyl halides is 6. The van der Waals surface area contributed by atoms with Gasteiger partial charge < -0.3 is 19.6 Å². The molecule has 2 unspecified atom stereocenters. The molecule has 9 aliphatic rings. The van der Waals surface area contributed by atoms with E-state index in [1.165, 1.54) is 4.68 Å². The lowest BCUT2D eigenvalue weighted by molar-refractivity contribution is -0.0225. The Kier molecular flexibility index (Phi) is 17.5. The number of halogens is 6. The fourth-order valence-electron chi connectivity index (χ4n) is 14.9. The van der Waals surface area contributed by atoms with Gasteiger partial charge >= 0.3 is 0 Å². The predicted molar refractivity (Wildman–Crippen MR) is 353 cm³/mol. The summed E-state index contributed by atoms with van der Waals surface area (Å²) in [5.74, 6) is -0.380. The van der Waals surface area contributed by atoms with E-state index in [4.69, 9.17) is 0 Å². The van der Waals surface area contributed by atoms with Crippen LogP contribution in [0.2, 0.25) is 0 Å². The summed E-state index contributed by atoms with van der Waals surface area (Å²) in [6, 6.07) is 40.9. The van der Waals surface area contributed by atoms with Gasteiger partial charge in [-0.05, 0) is 80.3 Å². The molecule has 2 saturated carbocycles. The molecule has 7 aliphatic heterocycles. The molecular weight excluding hydrogens is 1320 g/mol. The largest absolute Gasteiger partial charge is 0.330 e. The zero-order valence-corrected chi connectivity index (χ0v) is 55.7. The van der Waals surface area contributed by atoms with Crippen molar-refractivity contribution in [2.24, 2.45) is 0 Å². The first kappa shape index (κ1) is 65.9. The van der Waals surface area contributed by atoms with Crippen LogP contribution >= 0.6 is 0 Å². The van der Waals surface area contributed by atoms with Gasteiger partial charge in [0.2, 0.25) is 23.3 Å². The Balaban J connectivity index is 0.000000105. The fourth-order valence-corrected chi connectivity index (χ4v) is 14.9. The van der Waals surface area contributed by atoms with Crippen molar-refractivity contribution in [1.82, 2.24) is 98.2 Å². The molecule has 24 nitrogen and oxygen atoms in total. The maximum absolute atomic E-state index is 14.5. The van der Waals surface area contributed by atoms with Crippen LogP contribution in [0.5, 0.6) is 0 Å². The number of hydrogen-bond acceptors (Lipinski definition) is 14. The number of benzene rings is 4. The van der Waals surface area contributed by atoms with Gasteiger partial charge in [0, 0.05) is 63.6 Å². The van der Waals surface area contributed by atoms with E-state index in [-0.39, 0.29) is 108 Å². The number of nitrogens with zero attached hydrogens (tertiary/aromatic N) is 20. The zero-order valence-electron chi connectivity index (χ0n) is 55.7. The standard InChI is InChI=1S/2C19H19FN6O.C18H19FN4O.C16H15F3N4O/c1-12-10-24(11-14-7-8-21-25(12)14)19(27)17-22-18-15(20)9-16(26(18)23-17)13-5-3-2-4-6-13;1-12-9-14-11-24(7-8-25(14)22-12)19(27)17-21-18-15(20)10-16(26(18)23-17)13-5-3-2-4-6-13;19-14-10-15(11-4-2-1-3-5-11)23-17(14)20-16(21-23)18(24)22(12-6-7-12)13-8-9-13;17-10-8-12(9-4-2-1-3-5-9)23-15(10)20-14(21-23)16(24)22-7-6-11(22)13(18)19/h2-8,12,15-16H,9-11H2,1H3;2-6,9,15-16H,7-8,10-11H2,1H3;1-5,12-15H,6-10H2;1-5,10-13H,6-8H2/t12?,15-,16-;15-,16-;14-,15-;10-,11?,12-/m0000/s1. The maximum Gasteiger partial charge on any atom is 0.294 e. The Labute approximate surface area is 581 Å². The smallest absolute Gasteiger partial charge is 0.294 e. The summed E-state index contributed by atoms with van der Waals surface area (Å²) >= 11 is 0. The lowest BCUT2D eigenvalue weighted by atomic mass is 10.0. The van der Waals surface area contributed by atoms with Crippen LogP contribution in [0.1, 0.15) is 225 Å². The second-order valence-electron chi connectivity index (χ2n) is 27.4. The van der Waals surface area contributed by atoms with Gasteiger partial charge in [0.1, 0.15) is 0 Å². The van der Waals surface area contributed by atoms with Crippen LogP contribution in [0.25, 0.3) is 0 Å². The van der Waals surface area contributed by atoms with Gasteiger partial charge in [0.25, 0.3) is 30.1 Å². The Bertz CT molecular complexity index is 4720. The molecule has 19 rings (SSSR count). The predicted octanol–water partition coefficient (Wildman–Crippen LogP) is 10.9. The van der Waals surface area contributed by atoms with Crippen molar-refractivity contribution in [2.45, 2.75) is 171 Å². The summed E-state index contributed by atoms with van der Waals surface area (Å²) in [5, 5.41) is 26.0. The fraction of sp³-hybridized carbons (Fsp3) is 0.417. The van der Waals surface area contributed by atoms with E-state index in [2.05, 4.69) is 50.5 Å². The molecule has 4 aromatic carbocycles. The first-order chi connectivity index (χ1) is 49.5. The molecule has 0 N–H and O–H groups in total. The number of fused-ring (bicyclic) bond motifs is 6. The Morgan fingerprint density at radius 3 is 1.27 bits per heavy atom. The Hall–Kier alpha value is -10.7. The monoisotopic (exact) mass is 1390 g/mol. The molecular formula is C72H72F6N20O4. The van der Waals surface area contributed by atoms with E-state index in [1.807, 2.05) is 162 Å². The van der Waals surface area contributed by atoms with Crippen molar-refractivity contribution in [2.75, 3.05) is 19.6 Å². The van der Waals surface area contributed by atoms with Crippen LogP contribution in [-0.4, -0.2) is 166 Å². The van der Waals surface area contributed by atoms with Gasteiger partial charge in [0.15, 0.2) is 48.0 Å². The molecule has 4 amide bonds. The van der Waals surface area contributed by atoms with Crippen molar-refractivity contribution in [3.05, 3.63) is 226 Å². The van der Waals surface area contributed by atoms with Gasteiger partial charge in [-0.15, -0.1) is 20.4 Å². The number of hydrogen-bond donors (Lipinski definition) is 0. The summed E-state index contributed by atoms with van der Waals surface area (Å²) < 4.78 is 93.4. The molecule has 0 radical (unpaired) electrons. The quantitative estimate of drug-likeness (QED) is 0.109. The number of rotatable bonds is 11. The highest BCUT2D eigenvalue weighted by molar-refractivity contribution is 5.92. The molecule has 6 aromatic heterocycles. The molecule has 13 heterocycles. The minimum absolute atomic E-state index is 0.0634. The minimum atomic E-state index is -2.59. The van der Waals surface area contributed by atoms with E-state index in [0.717, 1.165) is 69.9 Å². The van der Waals surface area contributed by atoms with E-state index >= 15 is 0 Å². The number of amides is 4. The summed E-state index contributed by atoms with van der Waals surface area (Å²) in [5.41, 5.74) is 6.72. The lowest BCUT2D eigenvalue weighted by Crippen LogP contribution is -2.54. The Morgan fingerprint density at radius 2 is 0.863 bits per heavy atom. The number of carbonyl (C=O) groups excluding carboxylic acids is 4. The molecule has 102 heavy (non-hydrogen) atoms. The first-order valence-electron chi connectivity index (χ1n) is 34.7. The SMILES string of the molecule is CC1CN(C(=O)c2nc3n(n2)[C@H](c2ccccc2)C[C@@H]3F)Cc2ccnn21.Cc1cc2n(n1)CCN(C(=O)c1nc3n(n1)[C@H](c1ccccc1)C[C@@H]3F)C2.O=C(c1nc2n(n1)[C@H](c1ccccc1)C[C@@H]2F)N(C1CC1)C1CC1.O=C(c1nc2n(n1)[C@H](c1ccccc1)C[C@@H]2F)N1CCC1C(F)F. The van der Waals surface area contributed by atoms with Crippen molar-refractivity contribution < 1.29 is 45.5 Å². The zero-order chi connectivity index (χ0) is 70.2. The van der Waals surface area contributed by atoms with Crippen LogP contribution < -0.4 is 0 Å². The van der Waals surface area contributed by atoms with Crippen molar-refractivity contribution in [3.63, 3.8) is 0 Å². The summed E-state index contributed by atoms with van der Waals surface area (Å²) in [6.07, 6.45) is -0.125. The van der Waals surface area contributed by atoms with Crippen molar-refractivity contribution in [3.8, 4) is 0 Å². The average molecular weight is 1400 g/mol. The number of aromatic nitrogens is 16. The maximum atomic E-state index is 14.5. The van der Waals surface area contributed by atoms with Crippen molar-refractivity contribution >= 4 is 23.6 Å². The van der Waals surface area contributed by atoms with Crippen LogP contribution in [0.3, 0.4) is 0 Å². The first-order valence-corrected chi connectivity index (χ1v) is 34.7. The van der Waals surface area contributed by atoms with Crippen molar-refractivity contribution in [1.29, 1.82) is 0 Å². The van der Waals surface area contributed by atoms with E-state index < -0.39 is 43.1 Å². The van der Waals surface area contributed by atoms with Gasteiger partial charge in [-0.3, -0.25) is 28.5 Å². The van der Waals surface area contributed by atoms with Gasteiger partial charge in [-0.2, -0.15) is 10.2 Å². The normalized spacial score (nSPS) is 24.0. The highest BCUT2D eigenvalue weighted by atomic mass is 19.3. The third-order valence-corrected chi connectivity index (χ3v) is 20.4. The lowest BCUT2D eigenvalue weighted by Gasteiger charge is -2.39. The second kappa shape index (κ2) is 27.0. The molecule has 10 aromatic rings. The summed E-state index contributed by atoms with van der Waals surface area (Å²) in [4.78, 5) is 74.2. The summed E-state index contributed by atoms with van der Waals surface area (Å²) in [7, 11) is 0. The Morgan fingerprint density at radius 1 is 0.461 bits per heavy atom. The second-order valence-corrected chi connectivity index (χ2v) is 27.4. The molecule has 526 valence electrons. The molecule has 0 spiro atoms. The highest BCUT2D eigenvalue weighted by Crippen LogP contribution is 2.45. The van der Waals surface area contributed by atoms with Crippen LogP contribution in [-0.2, 0) is 19.6 Å². The van der Waals surface area contributed by atoms with E-state index in [0.29, 0.717) is 69.9 Å². The molecule has 10 atom stereocenters. The topological polar surface area (TPSA) is 240 Å². The molecule has 2 aliphatic carbocycles. The molecule has 0 bridgehead atoms. The van der Waals surface area contributed by atoms with E-state index in [9.17, 15) is 45.5 Å². The van der Waals surface area contributed by atoms with Gasteiger partial charge in [-0.1, -0.05) is 121 Å². The van der Waals surface area contributed by atoms with Crippen LogP contribution in [0, 0.1) is 6.92 Å². The minimum Gasteiger partial charge on any atom is -0.330 e. The third kappa shape index (κ3) is 12.6. The number of carbonyl (C=O) groups is 4. The van der Waals surface area contributed by atoms with Crippen LogP contribution in [0.15, 0.2) is 140 Å². The average Bonchev–Trinajstić information content (AvgIpc) is 1.60. The molecule has 1 saturated heterocycles. The molecule has 3 fully saturated rings. The van der Waals surface area contributed by atoms with E-state index in [1.54, 1.807) is 30.0 Å². The molecule has 30 heteroatoms. The number of aryl methyl sites for hydroxylation is 1.